The van der Waals surface area contributed by atoms with Crippen molar-refractivity contribution in [1.29, 1.82) is 0 Å². The summed E-state index contributed by atoms with van der Waals surface area (Å²) in [5.41, 5.74) is 0.512. The van der Waals surface area contributed by atoms with E-state index in [0.29, 0.717) is 49.2 Å². The van der Waals surface area contributed by atoms with Gasteiger partial charge >= 0.3 is 0 Å². The third kappa shape index (κ3) is 3.63. The number of anilines is 1. The van der Waals surface area contributed by atoms with E-state index in [1.165, 1.54) is 25.4 Å². The molecule has 39 heavy (non-hydrogen) atoms. The third-order valence-electron chi connectivity index (χ3n) is 8.34. The number of fused-ring (bicyclic) bond motifs is 1. The topological polar surface area (TPSA) is 112 Å². The lowest BCUT2D eigenvalue weighted by Crippen LogP contribution is -2.61. The molecule has 4 aromatic rings. The van der Waals surface area contributed by atoms with Crippen LogP contribution < -0.4 is 9.64 Å². The fourth-order valence-electron chi connectivity index (χ4n) is 6.34. The quantitative estimate of drug-likeness (QED) is 0.355. The number of sulfone groups is 1. The predicted molar refractivity (Wildman–Crippen MR) is 135 cm³/mol. The zero-order chi connectivity index (χ0) is 26.9. The minimum absolute atomic E-state index is 0.0646. The van der Waals surface area contributed by atoms with Crippen molar-refractivity contribution >= 4 is 26.8 Å². The van der Waals surface area contributed by atoms with Crippen molar-refractivity contribution in [1.82, 2.24) is 24.5 Å². The van der Waals surface area contributed by atoms with Crippen molar-refractivity contribution in [3.63, 3.8) is 0 Å². The molecule has 1 aliphatic carbocycles. The van der Waals surface area contributed by atoms with Crippen LogP contribution in [0.4, 0.5) is 14.7 Å². The van der Waals surface area contributed by atoms with Crippen molar-refractivity contribution in [2.45, 2.75) is 17.9 Å². The fourth-order valence-corrected chi connectivity index (χ4v) is 7.23. The van der Waals surface area contributed by atoms with Crippen molar-refractivity contribution in [2.24, 2.45) is 17.3 Å². The van der Waals surface area contributed by atoms with Gasteiger partial charge in [0.15, 0.2) is 21.3 Å². The van der Waals surface area contributed by atoms with E-state index >= 15 is 4.39 Å². The van der Waals surface area contributed by atoms with Gasteiger partial charge in [-0.25, -0.2) is 37.1 Å². The molecule has 5 heterocycles. The van der Waals surface area contributed by atoms with Gasteiger partial charge in [-0.05, 0) is 24.3 Å². The van der Waals surface area contributed by atoms with Gasteiger partial charge in [-0.2, -0.15) is 0 Å². The molecule has 1 spiro atoms. The van der Waals surface area contributed by atoms with E-state index in [1.807, 2.05) is 4.90 Å². The lowest BCUT2D eigenvalue weighted by Gasteiger charge is -2.51. The molecule has 1 aromatic carbocycles. The molecule has 4 atom stereocenters. The van der Waals surface area contributed by atoms with E-state index in [1.54, 1.807) is 16.8 Å². The SMILES string of the molecule is CCS(=O)(=O)c1ccc(-n2ccc3c(OC4C5COCC56CN(c5ncc(F)cn5)CC46)ncnc32)c(F)c1. The Kier molecular flexibility index (Phi) is 5.40. The highest BCUT2D eigenvalue weighted by molar-refractivity contribution is 7.91. The largest absolute Gasteiger partial charge is 0.473 e. The van der Waals surface area contributed by atoms with Gasteiger partial charge in [-0.3, -0.25) is 4.57 Å². The van der Waals surface area contributed by atoms with E-state index in [9.17, 15) is 12.8 Å². The van der Waals surface area contributed by atoms with Crippen LogP contribution >= 0.6 is 0 Å². The summed E-state index contributed by atoms with van der Waals surface area (Å²) in [7, 11) is -3.54. The van der Waals surface area contributed by atoms with Crippen molar-refractivity contribution in [3.05, 3.63) is 60.8 Å². The summed E-state index contributed by atoms with van der Waals surface area (Å²) in [6.45, 7) is 4.03. The molecule has 0 amide bonds. The monoisotopic (exact) mass is 554 g/mol. The molecule has 3 aliphatic rings. The first-order valence-corrected chi connectivity index (χ1v) is 14.3. The molecule has 2 aliphatic heterocycles. The highest BCUT2D eigenvalue weighted by Crippen LogP contribution is 2.60. The molecule has 0 bridgehead atoms. The van der Waals surface area contributed by atoms with Crippen LogP contribution in [0.5, 0.6) is 5.88 Å². The van der Waals surface area contributed by atoms with Crippen LogP contribution in [0.25, 0.3) is 16.7 Å². The Morgan fingerprint density at radius 1 is 1.13 bits per heavy atom. The summed E-state index contributed by atoms with van der Waals surface area (Å²) in [6.07, 6.45) is 5.18. The maximum atomic E-state index is 15.1. The second kappa shape index (κ2) is 8.65. The molecule has 3 aromatic heterocycles. The van der Waals surface area contributed by atoms with Crippen molar-refractivity contribution in [2.75, 3.05) is 37.0 Å². The summed E-state index contributed by atoms with van der Waals surface area (Å²) in [4.78, 5) is 19.0. The number of rotatable bonds is 6. The van der Waals surface area contributed by atoms with Gasteiger partial charge in [0.1, 0.15) is 18.2 Å². The molecular weight excluding hydrogens is 530 g/mol. The maximum Gasteiger partial charge on any atom is 0.226 e. The summed E-state index contributed by atoms with van der Waals surface area (Å²) >= 11 is 0. The van der Waals surface area contributed by atoms with E-state index in [4.69, 9.17) is 9.47 Å². The lowest BCUT2D eigenvalue weighted by atomic mass is 9.54. The first kappa shape index (κ1) is 24.3. The second-order valence-electron chi connectivity index (χ2n) is 10.2. The minimum atomic E-state index is -3.54. The minimum Gasteiger partial charge on any atom is -0.473 e. The van der Waals surface area contributed by atoms with E-state index in [-0.39, 0.29) is 39.7 Å². The van der Waals surface area contributed by atoms with Crippen LogP contribution in [0, 0.1) is 28.9 Å². The third-order valence-corrected chi connectivity index (χ3v) is 10.1. The summed E-state index contributed by atoms with van der Waals surface area (Å²) in [6, 6.07) is 5.61. The standard InChI is InChI=1S/C26H24F2N6O4S/c1-2-39(35,36)16-3-4-21(20(28)7-16)34-6-5-17-23(34)31-14-32-24(17)38-22-18-10-33(25-29-8-15(27)9-30-25)12-26(18)13-37-11-19(22)26/h3-9,14,18-19,22H,2,10-13H2,1H3. The van der Waals surface area contributed by atoms with Gasteiger partial charge < -0.3 is 14.4 Å². The smallest absolute Gasteiger partial charge is 0.226 e. The Bertz CT molecular complexity index is 1700. The first-order chi connectivity index (χ1) is 18.8. The summed E-state index contributed by atoms with van der Waals surface area (Å²) < 4.78 is 66.7. The van der Waals surface area contributed by atoms with Crippen molar-refractivity contribution in [3.8, 4) is 11.6 Å². The number of ether oxygens (including phenoxy) is 2. The van der Waals surface area contributed by atoms with Crippen LogP contribution in [0.3, 0.4) is 0 Å². The van der Waals surface area contributed by atoms with Crippen LogP contribution in [0.2, 0.25) is 0 Å². The van der Waals surface area contributed by atoms with Crippen LogP contribution in [-0.2, 0) is 14.6 Å². The Labute approximate surface area is 222 Å². The number of hydrogen-bond donors (Lipinski definition) is 0. The Morgan fingerprint density at radius 2 is 1.95 bits per heavy atom. The van der Waals surface area contributed by atoms with Crippen LogP contribution in [0.1, 0.15) is 6.92 Å². The average molecular weight is 555 g/mol. The highest BCUT2D eigenvalue weighted by Gasteiger charge is 2.70. The number of hydrogen-bond acceptors (Lipinski definition) is 9. The zero-order valence-electron chi connectivity index (χ0n) is 20.9. The van der Waals surface area contributed by atoms with Gasteiger partial charge in [0, 0.05) is 36.5 Å². The number of halogens is 2. The van der Waals surface area contributed by atoms with E-state index < -0.39 is 21.5 Å². The second-order valence-corrected chi connectivity index (χ2v) is 12.5. The maximum absolute atomic E-state index is 15.1. The molecule has 13 heteroatoms. The first-order valence-electron chi connectivity index (χ1n) is 12.6. The molecule has 0 radical (unpaired) electrons. The van der Waals surface area contributed by atoms with E-state index in [2.05, 4.69) is 19.9 Å². The molecular formula is C26H24F2N6O4S. The Hall–Kier alpha value is -3.71. The molecule has 4 unspecified atom stereocenters. The Morgan fingerprint density at radius 3 is 2.72 bits per heavy atom. The van der Waals surface area contributed by atoms with Crippen LogP contribution in [0.15, 0.2) is 54.1 Å². The van der Waals surface area contributed by atoms with Gasteiger partial charge in [0.2, 0.25) is 11.8 Å². The fraction of sp³-hybridized carbons (Fsp3) is 0.385. The summed E-state index contributed by atoms with van der Waals surface area (Å²) in [5.74, 6) is -0.136. The molecule has 7 rings (SSSR count). The number of nitrogens with zero attached hydrogens (tertiary/aromatic N) is 6. The van der Waals surface area contributed by atoms with Gasteiger partial charge in [-0.1, -0.05) is 6.92 Å². The normalized spacial score (nSPS) is 25.9. The zero-order valence-corrected chi connectivity index (χ0v) is 21.7. The van der Waals surface area contributed by atoms with Gasteiger partial charge in [-0.15, -0.1) is 0 Å². The number of benzene rings is 1. The van der Waals surface area contributed by atoms with Crippen molar-refractivity contribution < 1.29 is 26.7 Å². The highest BCUT2D eigenvalue weighted by atomic mass is 32.2. The summed E-state index contributed by atoms with van der Waals surface area (Å²) in [5, 5.41) is 0.607. The molecule has 0 N–H and O–H groups in total. The lowest BCUT2D eigenvalue weighted by molar-refractivity contribution is -0.101. The number of aromatic nitrogens is 5. The van der Waals surface area contributed by atoms with Crippen LogP contribution in [-0.4, -0.2) is 71.1 Å². The molecule has 2 saturated heterocycles. The molecule has 10 nitrogen and oxygen atoms in total. The average Bonchev–Trinajstić information content (AvgIpc) is 3.62. The Balaban J connectivity index is 1.18. The van der Waals surface area contributed by atoms with Gasteiger partial charge in [0.25, 0.3) is 0 Å². The predicted octanol–water partition coefficient (Wildman–Crippen LogP) is 2.81. The van der Waals surface area contributed by atoms with Gasteiger partial charge in [0.05, 0.1) is 47.3 Å². The van der Waals surface area contributed by atoms with E-state index in [0.717, 1.165) is 18.5 Å². The molecule has 1 saturated carbocycles. The molecule has 3 fully saturated rings. The molecule has 202 valence electrons.